The Labute approximate surface area is 245 Å². The second kappa shape index (κ2) is 23.4. The SMILES string of the molecule is CCCCCCCCCCOC(C)COC(SCCC(CCCCC)C1CCCCCC1)C(O)(P=O)C(=O)O. The number of unbranched alkanes of at least 4 members (excludes halogenated alkanes) is 9. The van der Waals surface area contributed by atoms with Crippen LogP contribution in [0.3, 0.4) is 0 Å². The van der Waals surface area contributed by atoms with Gasteiger partial charge in [0, 0.05) is 6.61 Å². The number of rotatable bonds is 25. The van der Waals surface area contributed by atoms with E-state index in [4.69, 9.17) is 9.47 Å². The van der Waals surface area contributed by atoms with Gasteiger partial charge in [0.2, 0.25) is 8.46 Å². The van der Waals surface area contributed by atoms with Crippen LogP contribution in [0.5, 0.6) is 0 Å². The van der Waals surface area contributed by atoms with Gasteiger partial charge in [-0.15, -0.1) is 11.8 Å². The first-order valence-corrected chi connectivity index (χ1v) is 17.9. The van der Waals surface area contributed by atoms with E-state index >= 15 is 0 Å². The Morgan fingerprint density at radius 1 is 0.897 bits per heavy atom. The minimum Gasteiger partial charge on any atom is -0.478 e. The van der Waals surface area contributed by atoms with Crippen LogP contribution in [0.2, 0.25) is 0 Å². The van der Waals surface area contributed by atoms with E-state index < -0.39 is 25.2 Å². The van der Waals surface area contributed by atoms with Crippen LogP contribution in [-0.2, 0) is 18.8 Å². The van der Waals surface area contributed by atoms with E-state index in [1.807, 2.05) is 6.92 Å². The summed E-state index contributed by atoms with van der Waals surface area (Å²) in [4.78, 5) is 11.9. The lowest BCUT2D eigenvalue weighted by atomic mass is 9.81. The summed E-state index contributed by atoms with van der Waals surface area (Å²) in [5.74, 6) is 0.494. The molecule has 1 saturated carbocycles. The number of aliphatic hydroxyl groups is 1. The van der Waals surface area contributed by atoms with Crippen molar-refractivity contribution >= 4 is 26.2 Å². The Morgan fingerprint density at radius 3 is 2.08 bits per heavy atom. The molecule has 0 saturated heterocycles. The summed E-state index contributed by atoms with van der Waals surface area (Å²) in [6.45, 7) is 7.16. The topological polar surface area (TPSA) is 93.1 Å². The maximum Gasteiger partial charge on any atom is 0.351 e. The highest BCUT2D eigenvalue weighted by atomic mass is 32.2. The van der Waals surface area contributed by atoms with Crippen molar-refractivity contribution in [3.05, 3.63) is 0 Å². The van der Waals surface area contributed by atoms with E-state index in [-0.39, 0.29) is 12.7 Å². The van der Waals surface area contributed by atoms with Gasteiger partial charge in [0.15, 0.2) is 5.44 Å². The quantitative estimate of drug-likeness (QED) is 0.0474. The zero-order valence-corrected chi connectivity index (χ0v) is 27.0. The number of ether oxygens (including phenoxy) is 2. The van der Waals surface area contributed by atoms with Gasteiger partial charge >= 0.3 is 5.97 Å². The third-order valence-electron chi connectivity index (χ3n) is 8.17. The van der Waals surface area contributed by atoms with Crippen molar-refractivity contribution in [2.75, 3.05) is 19.0 Å². The second-order valence-corrected chi connectivity index (χ2v) is 13.6. The Hall–Kier alpha value is -0.200. The summed E-state index contributed by atoms with van der Waals surface area (Å²) >= 11 is 1.29. The van der Waals surface area contributed by atoms with Gasteiger partial charge in [0.25, 0.3) is 5.34 Å². The van der Waals surface area contributed by atoms with Crippen LogP contribution >= 0.6 is 20.2 Å². The first kappa shape index (κ1) is 36.8. The molecule has 0 radical (unpaired) electrons. The van der Waals surface area contributed by atoms with Crippen molar-refractivity contribution in [3.8, 4) is 0 Å². The van der Waals surface area contributed by atoms with Crippen LogP contribution in [0.1, 0.15) is 143 Å². The molecular formula is C31H59O6PS. The normalized spacial score (nSPS) is 18.9. The Kier molecular flexibility index (Phi) is 22.1. The minimum atomic E-state index is -2.47. The average Bonchev–Trinajstić information content (AvgIpc) is 3.22. The highest BCUT2D eigenvalue weighted by Gasteiger charge is 2.47. The van der Waals surface area contributed by atoms with E-state index in [1.165, 1.54) is 114 Å². The van der Waals surface area contributed by atoms with Crippen LogP contribution in [0.25, 0.3) is 0 Å². The molecule has 6 nitrogen and oxygen atoms in total. The number of hydrogen-bond acceptors (Lipinski definition) is 6. The third kappa shape index (κ3) is 16.1. The average molecular weight is 591 g/mol. The molecule has 0 aromatic rings. The monoisotopic (exact) mass is 590 g/mol. The van der Waals surface area contributed by atoms with E-state index in [0.29, 0.717) is 18.3 Å². The van der Waals surface area contributed by atoms with E-state index in [9.17, 15) is 19.6 Å². The molecule has 4 atom stereocenters. The fourth-order valence-corrected chi connectivity index (χ4v) is 7.39. The van der Waals surface area contributed by atoms with Crippen molar-refractivity contribution in [2.24, 2.45) is 11.8 Å². The molecule has 4 unspecified atom stereocenters. The molecule has 2 N–H and O–H groups in total. The molecular weight excluding hydrogens is 531 g/mol. The van der Waals surface area contributed by atoms with E-state index in [2.05, 4.69) is 13.8 Å². The number of thioether (sulfide) groups is 1. The summed E-state index contributed by atoms with van der Waals surface area (Å²) in [5.41, 5.74) is -1.12. The molecule has 0 amide bonds. The van der Waals surface area contributed by atoms with Crippen molar-refractivity contribution in [3.63, 3.8) is 0 Å². The van der Waals surface area contributed by atoms with E-state index in [0.717, 1.165) is 25.2 Å². The Morgan fingerprint density at radius 2 is 1.49 bits per heavy atom. The van der Waals surface area contributed by atoms with Gasteiger partial charge in [0.05, 0.1) is 12.7 Å². The summed E-state index contributed by atoms with van der Waals surface area (Å²) in [5, 5.41) is 17.9. The third-order valence-corrected chi connectivity index (χ3v) is 10.3. The van der Waals surface area contributed by atoms with Gasteiger partial charge in [-0.1, -0.05) is 123 Å². The largest absolute Gasteiger partial charge is 0.478 e. The zero-order chi connectivity index (χ0) is 28.8. The molecule has 1 aliphatic rings. The van der Waals surface area contributed by atoms with Crippen LogP contribution in [-0.4, -0.2) is 52.0 Å². The molecule has 8 heteroatoms. The number of hydrogen-bond donors (Lipinski definition) is 2. The molecule has 0 bridgehead atoms. The van der Waals surface area contributed by atoms with Crippen LogP contribution in [0, 0.1) is 11.8 Å². The second-order valence-electron chi connectivity index (χ2n) is 11.6. The molecule has 1 fully saturated rings. The predicted molar refractivity (Wildman–Crippen MR) is 164 cm³/mol. The standard InChI is InChI=1S/C31H59O6PS/c1-4-6-8-9-10-11-14-18-23-36-26(3)25-37-30(31(34,38-35)29(32)33)39-24-22-28(19-15-7-5-2)27-20-16-12-13-17-21-27/h26-28,30,34H,4-25H2,1-3H3,(H,32,33). The van der Waals surface area contributed by atoms with Gasteiger partial charge in [-0.3, -0.25) is 4.57 Å². The molecule has 1 aliphatic carbocycles. The summed E-state index contributed by atoms with van der Waals surface area (Å²) < 4.78 is 23.6. The molecule has 1 rings (SSSR count). The number of carbonyl (C=O) groups is 1. The fourth-order valence-electron chi connectivity index (χ4n) is 5.64. The van der Waals surface area contributed by atoms with Gasteiger partial charge in [-0.05, 0) is 37.4 Å². The Bertz CT molecular complexity index is 616. The Balaban J connectivity index is 2.56. The maximum absolute atomic E-state index is 11.9. The smallest absolute Gasteiger partial charge is 0.351 e. The van der Waals surface area contributed by atoms with Crippen LogP contribution in [0.4, 0.5) is 0 Å². The van der Waals surface area contributed by atoms with Gasteiger partial charge < -0.3 is 19.7 Å². The molecule has 0 aromatic carbocycles. The molecule has 0 spiro atoms. The molecule has 0 aliphatic heterocycles. The molecule has 0 aromatic heterocycles. The lowest BCUT2D eigenvalue weighted by Crippen LogP contribution is -2.45. The van der Waals surface area contributed by atoms with Crippen molar-refractivity contribution in [1.82, 2.24) is 0 Å². The lowest BCUT2D eigenvalue weighted by molar-refractivity contribution is -0.157. The minimum absolute atomic E-state index is 0.155. The molecule has 230 valence electrons. The predicted octanol–water partition coefficient (Wildman–Crippen LogP) is 9.23. The van der Waals surface area contributed by atoms with E-state index in [1.54, 1.807) is 0 Å². The molecule has 0 heterocycles. The highest BCUT2D eigenvalue weighted by molar-refractivity contribution is 8.00. The van der Waals surface area contributed by atoms with Crippen molar-refractivity contribution in [2.45, 2.75) is 160 Å². The first-order valence-electron chi connectivity index (χ1n) is 16.0. The van der Waals surface area contributed by atoms with Crippen LogP contribution in [0.15, 0.2) is 0 Å². The summed E-state index contributed by atoms with van der Waals surface area (Å²) in [6, 6.07) is 0. The molecule has 39 heavy (non-hydrogen) atoms. The van der Waals surface area contributed by atoms with Crippen LogP contribution < -0.4 is 0 Å². The fraction of sp³-hybridized carbons (Fsp3) is 0.968. The maximum atomic E-state index is 11.9. The zero-order valence-electron chi connectivity index (χ0n) is 25.2. The highest BCUT2D eigenvalue weighted by Crippen LogP contribution is 2.38. The van der Waals surface area contributed by atoms with Gasteiger partial charge in [-0.2, -0.15) is 0 Å². The summed E-state index contributed by atoms with van der Waals surface area (Å²) in [6.07, 6.45) is 23.3. The van der Waals surface area contributed by atoms with Crippen molar-refractivity contribution < 1.29 is 29.0 Å². The number of carboxylic acid groups (broad SMARTS) is 1. The summed E-state index contributed by atoms with van der Waals surface area (Å²) in [7, 11) is -0.853. The number of aliphatic carboxylic acids is 1. The van der Waals surface area contributed by atoms with Crippen molar-refractivity contribution in [1.29, 1.82) is 0 Å². The van der Waals surface area contributed by atoms with Gasteiger partial charge in [-0.25, -0.2) is 4.79 Å². The lowest BCUT2D eigenvalue weighted by Gasteiger charge is -2.30. The number of carboxylic acids is 1. The first-order chi connectivity index (χ1) is 18.9. The van der Waals surface area contributed by atoms with Gasteiger partial charge in [0.1, 0.15) is 0 Å².